The molecule has 9 heteroatoms. The third kappa shape index (κ3) is 7.61. The first kappa shape index (κ1) is 30.7. The zero-order valence-electron chi connectivity index (χ0n) is 26.4. The average Bonchev–Trinajstić information content (AvgIpc) is 3.00. The van der Waals surface area contributed by atoms with E-state index in [1.165, 1.54) is 32.1 Å². The molecule has 232 valence electrons. The molecule has 2 fully saturated rings. The molecule has 43 heavy (non-hydrogen) atoms. The van der Waals surface area contributed by atoms with Crippen molar-refractivity contribution in [2.45, 2.75) is 89.8 Å². The second-order valence-electron chi connectivity index (χ2n) is 12.9. The number of hydrogen-bond donors (Lipinski definition) is 2. The zero-order valence-corrected chi connectivity index (χ0v) is 26.4. The van der Waals surface area contributed by atoms with Crippen molar-refractivity contribution in [3.05, 3.63) is 36.5 Å². The molecule has 0 aliphatic heterocycles. The van der Waals surface area contributed by atoms with Crippen LogP contribution in [-0.2, 0) is 4.74 Å². The molecule has 1 amide bonds. The Morgan fingerprint density at radius 1 is 0.837 bits per heavy atom. The molecule has 2 aromatic carbocycles. The molecule has 3 aromatic rings. The van der Waals surface area contributed by atoms with E-state index in [0.717, 1.165) is 47.2 Å². The summed E-state index contributed by atoms with van der Waals surface area (Å²) < 4.78 is 22.4. The Bertz CT molecular complexity index is 1390. The number of aromatic nitrogens is 2. The average molecular weight is 591 g/mol. The minimum absolute atomic E-state index is 0.00442. The van der Waals surface area contributed by atoms with Gasteiger partial charge in [0, 0.05) is 35.3 Å². The lowest BCUT2D eigenvalue weighted by Gasteiger charge is -2.41. The fraction of sp³-hybridized carbons (Fsp3) is 0.559. The molecule has 3 atom stereocenters. The lowest BCUT2D eigenvalue weighted by atomic mass is 9.71. The summed E-state index contributed by atoms with van der Waals surface area (Å²) in [5.41, 5.74) is 2.00. The number of carbonyl (C=O) groups excluding carboxylic acids is 1. The minimum atomic E-state index is -0.556. The number of benzene rings is 2. The topological polar surface area (TPSA) is 104 Å². The van der Waals surface area contributed by atoms with Gasteiger partial charge in [0.25, 0.3) is 0 Å². The van der Waals surface area contributed by atoms with E-state index in [1.807, 2.05) is 57.3 Å². The molecule has 3 unspecified atom stereocenters. The van der Waals surface area contributed by atoms with Crippen molar-refractivity contribution in [3.8, 4) is 28.4 Å². The number of nitrogens with zero attached hydrogens (tertiary/aromatic N) is 2. The van der Waals surface area contributed by atoms with E-state index in [-0.39, 0.29) is 18.2 Å². The maximum Gasteiger partial charge on any atom is 0.407 e. The van der Waals surface area contributed by atoms with Gasteiger partial charge in [0.05, 0.1) is 32.9 Å². The first-order chi connectivity index (χ1) is 20.6. The molecule has 0 spiro atoms. The van der Waals surface area contributed by atoms with Crippen molar-refractivity contribution in [2.24, 2.45) is 11.8 Å². The molecule has 1 aromatic heterocycles. The number of anilines is 1. The van der Waals surface area contributed by atoms with Gasteiger partial charge in [-0.25, -0.2) is 14.8 Å². The van der Waals surface area contributed by atoms with Gasteiger partial charge in [0.1, 0.15) is 22.8 Å². The Hall–Kier alpha value is -3.75. The molecule has 0 bridgehead atoms. The van der Waals surface area contributed by atoms with Gasteiger partial charge in [-0.3, -0.25) is 0 Å². The number of hydrogen-bond acceptors (Lipinski definition) is 8. The molecular formula is C34H46N4O5. The minimum Gasteiger partial charge on any atom is -0.497 e. The lowest BCUT2D eigenvalue weighted by molar-refractivity contribution is 0.0464. The Morgan fingerprint density at radius 2 is 1.56 bits per heavy atom. The molecule has 2 aliphatic carbocycles. The standard InChI is InChI=1S/C34H46N4O5/c1-34(2,3)43-33(39)38-30-17-22(21-10-8-7-9-11-21)12-13-28(30)36-32-35-20-24-16-27(31(42-6)19-29(24)37-32)23-14-25(40-4)18-26(15-23)41-5/h14-16,18-22,28,30H,7-13,17H2,1-6H3,(H,38,39)(H,35,36,37). The van der Waals surface area contributed by atoms with Crippen LogP contribution in [-0.4, -0.2) is 55.1 Å². The number of ether oxygens (including phenoxy) is 4. The highest BCUT2D eigenvalue weighted by Crippen LogP contribution is 2.40. The molecule has 9 nitrogen and oxygen atoms in total. The van der Waals surface area contributed by atoms with Crippen molar-refractivity contribution < 1.29 is 23.7 Å². The normalized spacial score (nSPS) is 21.2. The fourth-order valence-electron chi connectivity index (χ4n) is 6.68. The second-order valence-corrected chi connectivity index (χ2v) is 12.9. The van der Waals surface area contributed by atoms with Crippen molar-refractivity contribution in [1.29, 1.82) is 0 Å². The SMILES string of the molecule is COc1cc(OC)cc(-c2cc3cnc(NC4CCC(C5CCCCC5)CC4NC(=O)OC(C)(C)C)nc3cc2OC)c1. The van der Waals surface area contributed by atoms with Gasteiger partial charge in [-0.05, 0) is 75.6 Å². The van der Waals surface area contributed by atoms with Crippen LogP contribution >= 0.6 is 0 Å². The van der Waals surface area contributed by atoms with Crippen molar-refractivity contribution in [1.82, 2.24) is 15.3 Å². The Morgan fingerprint density at radius 3 is 2.21 bits per heavy atom. The van der Waals surface area contributed by atoms with E-state index in [4.69, 9.17) is 23.9 Å². The van der Waals surface area contributed by atoms with E-state index < -0.39 is 5.60 Å². The molecule has 2 saturated carbocycles. The lowest BCUT2D eigenvalue weighted by Crippen LogP contribution is -2.52. The van der Waals surface area contributed by atoms with Crippen LogP contribution < -0.4 is 24.8 Å². The highest BCUT2D eigenvalue weighted by Gasteiger charge is 2.36. The van der Waals surface area contributed by atoms with Gasteiger partial charge in [-0.15, -0.1) is 0 Å². The predicted molar refractivity (Wildman–Crippen MR) is 169 cm³/mol. The van der Waals surface area contributed by atoms with E-state index in [9.17, 15) is 4.79 Å². The predicted octanol–water partition coefficient (Wildman–Crippen LogP) is 7.38. The van der Waals surface area contributed by atoms with Gasteiger partial charge >= 0.3 is 6.09 Å². The summed E-state index contributed by atoms with van der Waals surface area (Å²) in [6, 6.07) is 9.61. The molecule has 1 heterocycles. The summed E-state index contributed by atoms with van der Waals surface area (Å²) in [5.74, 6) is 3.95. The number of fused-ring (bicyclic) bond motifs is 1. The largest absolute Gasteiger partial charge is 0.497 e. The van der Waals surface area contributed by atoms with E-state index in [2.05, 4.69) is 15.6 Å². The summed E-state index contributed by atoms with van der Waals surface area (Å²) in [6.45, 7) is 5.67. The molecule has 2 N–H and O–H groups in total. The number of nitrogens with one attached hydrogen (secondary N) is 2. The number of carbonyl (C=O) groups is 1. The Kier molecular flexibility index (Phi) is 9.47. The summed E-state index contributed by atoms with van der Waals surface area (Å²) in [6.07, 6.45) is 11.0. The van der Waals surface area contributed by atoms with Crippen LogP contribution in [0.15, 0.2) is 36.5 Å². The van der Waals surface area contributed by atoms with Gasteiger partial charge in [-0.1, -0.05) is 32.1 Å². The maximum atomic E-state index is 12.9. The highest BCUT2D eigenvalue weighted by molar-refractivity contribution is 5.89. The third-order valence-corrected chi connectivity index (χ3v) is 8.79. The van der Waals surface area contributed by atoms with Gasteiger partial charge in [0.15, 0.2) is 0 Å². The Balaban J connectivity index is 1.39. The van der Waals surface area contributed by atoms with Crippen LogP contribution in [0.2, 0.25) is 0 Å². The summed E-state index contributed by atoms with van der Waals surface area (Å²) >= 11 is 0. The van der Waals surface area contributed by atoms with Crippen LogP contribution in [0.3, 0.4) is 0 Å². The van der Waals surface area contributed by atoms with Crippen LogP contribution in [0.5, 0.6) is 17.2 Å². The van der Waals surface area contributed by atoms with Gasteiger partial charge < -0.3 is 29.6 Å². The van der Waals surface area contributed by atoms with Crippen molar-refractivity contribution in [3.63, 3.8) is 0 Å². The number of alkyl carbamates (subject to hydrolysis) is 1. The first-order valence-corrected chi connectivity index (χ1v) is 15.5. The Labute approximate surface area is 255 Å². The van der Waals surface area contributed by atoms with Crippen molar-refractivity contribution >= 4 is 22.9 Å². The number of rotatable bonds is 8. The van der Waals surface area contributed by atoms with Gasteiger partial charge in [0.2, 0.25) is 5.95 Å². The third-order valence-electron chi connectivity index (χ3n) is 8.79. The van der Waals surface area contributed by atoms with E-state index in [0.29, 0.717) is 29.1 Å². The number of methoxy groups -OCH3 is 3. The number of amides is 1. The molecule has 2 aliphatic rings. The van der Waals surface area contributed by atoms with Crippen LogP contribution in [0.1, 0.15) is 72.1 Å². The van der Waals surface area contributed by atoms with E-state index in [1.54, 1.807) is 21.3 Å². The second kappa shape index (κ2) is 13.3. The van der Waals surface area contributed by atoms with E-state index >= 15 is 0 Å². The summed E-state index contributed by atoms with van der Waals surface area (Å²) in [7, 11) is 4.92. The van der Waals surface area contributed by atoms with Crippen molar-refractivity contribution in [2.75, 3.05) is 26.6 Å². The fourth-order valence-corrected chi connectivity index (χ4v) is 6.68. The van der Waals surface area contributed by atoms with Crippen LogP contribution in [0, 0.1) is 11.8 Å². The molecular weight excluding hydrogens is 544 g/mol. The quantitative estimate of drug-likeness (QED) is 0.280. The highest BCUT2D eigenvalue weighted by atomic mass is 16.6. The van der Waals surface area contributed by atoms with Crippen LogP contribution in [0.4, 0.5) is 10.7 Å². The molecule has 5 rings (SSSR count). The molecule has 0 saturated heterocycles. The summed E-state index contributed by atoms with van der Waals surface area (Å²) in [5, 5.41) is 7.64. The summed E-state index contributed by atoms with van der Waals surface area (Å²) in [4.78, 5) is 22.4. The van der Waals surface area contributed by atoms with Crippen LogP contribution in [0.25, 0.3) is 22.0 Å². The maximum absolute atomic E-state index is 12.9. The monoisotopic (exact) mass is 590 g/mol. The smallest absolute Gasteiger partial charge is 0.407 e. The first-order valence-electron chi connectivity index (χ1n) is 15.5. The van der Waals surface area contributed by atoms with Gasteiger partial charge in [-0.2, -0.15) is 0 Å². The zero-order chi connectivity index (χ0) is 30.6. The molecule has 0 radical (unpaired) electrons.